The summed E-state index contributed by atoms with van der Waals surface area (Å²) < 4.78 is 0. The molecule has 0 heterocycles. The van der Waals surface area contributed by atoms with E-state index in [1.54, 1.807) is 0 Å². The fourth-order valence-electron chi connectivity index (χ4n) is 3.89. The molecule has 3 atom stereocenters. The number of nitrogens with one attached hydrogen (secondary N) is 1. The van der Waals surface area contributed by atoms with Crippen LogP contribution in [0.1, 0.15) is 71.6 Å². The molecular weight excluding hydrogens is 222 g/mol. The quantitative estimate of drug-likeness (QED) is 0.786. The van der Waals surface area contributed by atoms with Crippen molar-refractivity contribution in [3.8, 4) is 0 Å². The Balaban J connectivity index is 1.77. The van der Waals surface area contributed by atoms with E-state index in [4.69, 9.17) is 0 Å². The first kappa shape index (κ1) is 14.3. The van der Waals surface area contributed by atoms with Gasteiger partial charge in [-0.15, -0.1) is 0 Å². The normalized spacial score (nSPS) is 33.2. The van der Waals surface area contributed by atoms with E-state index in [2.05, 4.69) is 19.2 Å². The molecule has 0 aromatic rings. The Morgan fingerprint density at radius 2 is 1.67 bits per heavy atom. The summed E-state index contributed by atoms with van der Waals surface area (Å²) in [6, 6.07) is 0.661. The molecule has 3 unspecified atom stereocenters. The molecule has 0 aromatic carbocycles. The van der Waals surface area contributed by atoms with E-state index < -0.39 is 5.60 Å². The van der Waals surface area contributed by atoms with Crippen molar-refractivity contribution in [1.82, 2.24) is 5.32 Å². The average Bonchev–Trinajstić information content (AvgIpc) is 2.44. The smallest absolute Gasteiger partial charge is 0.0766 e. The lowest BCUT2D eigenvalue weighted by Crippen LogP contribution is -2.46. The minimum absolute atomic E-state index is 0.483. The SMILES string of the molecule is CCC(O)(CC)CNC1CCC2CCCCC2C1. The van der Waals surface area contributed by atoms with Crippen LogP contribution in [0.25, 0.3) is 0 Å². The molecule has 0 spiro atoms. The van der Waals surface area contributed by atoms with Crippen LogP contribution in [0.5, 0.6) is 0 Å². The van der Waals surface area contributed by atoms with Gasteiger partial charge in [0.15, 0.2) is 0 Å². The summed E-state index contributed by atoms with van der Waals surface area (Å²) in [6.07, 6.45) is 11.6. The lowest BCUT2D eigenvalue weighted by molar-refractivity contribution is 0.0251. The molecule has 0 radical (unpaired) electrons. The highest BCUT2D eigenvalue weighted by Crippen LogP contribution is 2.40. The van der Waals surface area contributed by atoms with Gasteiger partial charge in [-0.1, -0.05) is 39.5 Å². The maximum absolute atomic E-state index is 10.3. The molecule has 2 aliphatic rings. The van der Waals surface area contributed by atoms with Crippen LogP contribution >= 0.6 is 0 Å². The number of hydrogen-bond acceptors (Lipinski definition) is 2. The van der Waals surface area contributed by atoms with Crippen molar-refractivity contribution >= 4 is 0 Å². The van der Waals surface area contributed by atoms with Gasteiger partial charge < -0.3 is 10.4 Å². The van der Waals surface area contributed by atoms with E-state index in [0.29, 0.717) is 6.04 Å². The zero-order valence-corrected chi connectivity index (χ0v) is 12.3. The first-order chi connectivity index (χ1) is 8.67. The van der Waals surface area contributed by atoms with Crippen LogP contribution in [0.3, 0.4) is 0 Å². The van der Waals surface area contributed by atoms with Crippen molar-refractivity contribution in [3.05, 3.63) is 0 Å². The van der Waals surface area contributed by atoms with E-state index in [0.717, 1.165) is 31.2 Å². The standard InChI is InChI=1S/C16H31NO/c1-3-16(18,4-2)12-17-15-10-9-13-7-5-6-8-14(13)11-15/h13-15,17-18H,3-12H2,1-2H3. The molecule has 106 valence electrons. The van der Waals surface area contributed by atoms with E-state index in [9.17, 15) is 5.11 Å². The van der Waals surface area contributed by atoms with Gasteiger partial charge in [-0.2, -0.15) is 0 Å². The molecule has 2 fully saturated rings. The van der Waals surface area contributed by atoms with Crippen molar-refractivity contribution in [3.63, 3.8) is 0 Å². The van der Waals surface area contributed by atoms with Crippen LogP contribution in [-0.2, 0) is 0 Å². The van der Waals surface area contributed by atoms with Crippen molar-refractivity contribution < 1.29 is 5.11 Å². The molecule has 18 heavy (non-hydrogen) atoms. The van der Waals surface area contributed by atoms with Gasteiger partial charge >= 0.3 is 0 Å². The molecule has 0 aliphatic heterocycles. The first-order valence-corrected chi connectivity index (χ1v) is 8.12. The van der Waals surface area contributed by atoms with Gasteiger partial charge in [-0.25, -0.2) is 0 Å². The van der Waals surface area contributed by atoms with Crippen molar-refractivity contribution in [2.75, 3.05) is 6.54 Å². The molecule has 0 aromatic heterocycles. The highest BCUT2D eigenvalue weighted by molar-refractivity contribution is 4.88. The molecule has 2 nitrogen and oxygen atoms in total. The summed E-state index contributed by atoms with van der Waals surface area (Å²) >= 11 is 0. The third-order valence-electron chi connectivity index (χ3n) is 5.58. The molecule has 0 bridgehead atoms. The van der Waals surface area contributed by atoms with Crippen LogP contribution in [0, 0.1) is 11.8 Å². The molecule has 2 saturated carbocycles. The summed E-state index contributed by atoms with van der Waals surface area (Å²) in [4.78, 5) is 0. The summed E-state index contributed by atoms with van der Waals surface area (Å²) in [5.74, 6) is 1.99. The molecule has 2 heteroatoms. The minimum Gasteiger partial charge on any atom is -0.389 e. The molecule has 2 N–H and O–H groups in total. The highest BCUT2D eigenvalue weighted by atomic mass is 16.3. The molecule has 2 aliphatic carbocycles. The third kappa shape index (κ3) is 3.48. The van der Waals surface area contributed by atoms with Crippen molar-refractivity contribution in [2.24, 2.45) is 11.8 Å². The Morgan fingerprint density at radius 1 is 1.00 bits per heavy atom. The first-order valence-electron chi connectivity index (χ1n) is 8.12. The zero-order valence-electron chi connectivity index (χ0n) is 12.3. The van der Waals surface area contributed by atoms with Crippen LogP contribution < -0.4 is 5.32 Å². The second-order valence-electron chi connectivity index (χ2n) is 6.63. The summed E-state index contributed by atoms with van der Waals surface area (Å²) in [5.41, 5.74) is -0.483. The predicted octanol–water partition coefficient (Wildman–Crippen LogP) is 3.49. The molecular formula is C16H31NO. The number of rotatable bonds is 5. The number of aliphatic hydroxyl groups is 1. The molecule has 0 amide bonds. The van der Waals surface area contributed by atoms with Crippen LogP contribution in [0.2, 0.25) is 0 Å². The largest absolute Gasteiger partial charge is 0.389 e. The van der Waals surface area contributed by atoms with Gasteiger partial charge in [0, 0.05) is 12.6 Å². The molecule has 2 rings (SSSR count). The van der Waals surface area contributed by atoms with Crippen LogP contribution in [0.15, 0.2) is 0 Å². The topological polar surface area (TPSA) is 32.3 Å². The Hall–Kier alpha value is -0.0800. The van der Waals surface area contributed by atoms with Crippen LogP contribution in [0.4, 0.5) is 0 Å². The number of hydrogen-bond donors (Lipinski definition) is 2. The van der Waals surface area contributed by atoms with Gasteiger partial charge in [-0.05, 0) is 43.9 Å². The Kier molecular flexibility index (Phi) is 5.08. The average molecular weight is 253 g/mol. The maximum atomic E-state index is 10.3. The highest BCUT2D eigenvalue weighted by Gasteiger charge is 2.33. The second kappa shape index (κ2) is 6.38. The lowest BCUT2D eigenvalue weighted by Gasteiger charge is -2.40. The van der Waals surface area contributed by atoms with E-state index in [1.165, 1.54) is 44.9 Å². The predicted molar refractivity (Wildman–Crippen MR) is 76.6 cm³/mol. The van der Waals surface area contributed by atoms with Crippen molar-refractivity contribution in [1.29, 1.82) is 0 Å². The van der Waals surface area contributed by atoms with Gasteiger partial charge in [0.2, 0.25) is 0 Å². The van der Waals surface area contributed by atoms with Gasteiger partial charge in [0.05, 0.1) is 5.60 Å². The Bertz CT molecular complexity index is 249. The van der Waals surface area contributed by atoms with Crippen molar-refractivity contribution in [2.45, 2.75) is 83.3 Å². The second-order valence-corrected chi connectivity index (χ2v) is 6.63. The van der Waals surface area contributed by atoms with E-state index in [-0.39, 0.29) is 0 Å². The Labute approximate surface area is 113 Å². The van der Waals surface area contributed by atoms with Gasteiger partial charge in [-0.3, -0.25) is 0 Å². The van der Waals surface area contributed by atoms with Crippen LogP contribution in [-0.4, -0.2) is 23.3 Å². The van der Waals surface area contributed by atoms with Gasteiger partial charge in [0.25, 0.3) is 0 Å². The summed E-state index contributed by atoms with van der Waals surface area (Å²) in [7, 11) is 0. The van der Waals surface area contributed by atoms with E-state index in [1.807, 2.05) is 0 Å². The number of fused-ring (bicyclic) bond motifs is 1. The summed E-state index contributed by atoms with van der Waals surface area (Å²) in [6.45, 7) is 4.95. The fourth-order valence-corrected chi connectivity index (χ4v) is 3.89. The molecule has 0 saturated heterocycles. The maximum Gasteiger partial charge on any atom is 0.0766 e. The zero-order chi connectivity index (χ0) is 13.0. The monoisotopic (exact) mass is 253 g/mol. The Morgan fingerprint density at radius 3 is 2.33 bits per heavy atom. The lowest BCUT2D eigenvalue weighted by atomic mass is 9.69. The summed E-state index contributed by atoms with van der Waals surface area (Å²) in [5, 5.41) is 14.0. The fraction of sp³-hybridized carbons (Fsp3) is 1.00. The van der Waals surface area contributed by atoms with Gasteiger partial charge in [0.1, 0.15) is 0 Å². The van der Waals surface area contributed by atoms with E-state index >= 15 is 0 Å². The minimum atomic E-state index is -0.483. The third-order valence-corrected chi connectivity index (χ3v) is 5.58.